The summed E-state index contributed by atoms with van der Waals surface area (Å²) in [6.45, 7) is 5.27. The number of rotatable bonds is 8. The number of amides is 1. The van der Waals surface area contributed by atoms with E-state index in [0.717, 1.165) is 16.9 Å². The van der Waals surface area contributed by atoms with Crippen molar-refractivity contribution in [3.63, 3.8) is 0 Å². The van der Waals surface area contributed by atoms with Crippen LogP contribution in [0.1, 0.15) is 29.5 Å². The molecule has 0 saturated carbocycles. The van der Waals surface area contributed by atoms with Gasteiger partial charge in [0.2, 0.25) is 15.9 Å². The molecular weight excluding hydrogens is 471 g/mol. The zero-order chi connectivity index (χ0) is 23.3. The molecule has 9 heteroatoms. The zero-order valence-corrected chi connectivity index (χ0v) is 20.6. The molecule has 0 aromatic heterocycles. The number of nitrogens with zero attached hydrogens (tertiary/aromatic N) is 1. The quantitative estimate of drug-likeness (QED) is 0.549. The lowest BCUT2D eigenvalue weighted by Crippen LogP contribution is -2.46. The van der Waals surface area contributed by atoms with Gasteiger partial charge in [-0.25, -0.2) is 12.7 Å². The smallest absolute Gasteiger partial charge is 0.224 e. The number of sulfonamides is 1. The Labute approximate surface area is 199 Å². The minimum absolute atomic E-state index is 0.154. The van der Waals surface area contributed by atoms with E-state index >= 15 is 0 Å². The largest absolute Gasteiger partial charge is 0.492 e. The van der Waals surface area contributed by atoms with Gasteiger partial charge >= 0.3 is 0 Å². The highest BCUT2D eigenvalue weighted by Gasteiger charge is 2.32. The molecular formula is C23H28Cl2N2O4S. The van der Waals surface area contributed by atoms with Crippen molar-refractivity contribution < 1.29 is 17.9 Å². The second kappa shape index (κ2) is 10.9. The van der Waals surface area contributed by atoms with Crippen molar-refractivity contribution in [1.82, 2.24) is 9.62 Å². The SMILES string of the molecule is Cc1cc(C)cc(OCCNC(=O)[C@H]2CCCN(S(=O)(=O)Cc3ccc(Cl)cc3Cl)C2)c1. The zero-order valence-electron chi connectivity index (χ0n) is 18.2. The van der Waals surface area contributed by atoms with Crippen molar-refractivity contribution in [3.05, 3.63) is 63.1 Å². The maximum absolute atomic E-state index is 12.9. The Morgan fingerprint density at radius 2 is 1.88 bits per heavy atom. The Morgan fingerprint density at radius 3 is 2.56 bits per heavy atom. The number of hydrogen-bond donors (Lipinski definition) is 1. The Hall–Kier alpha value is -1.80. The Kier molecular flexibility index (Phi) is 8.44. The van der Waals surface area contributed by atoms with Crippen molar-refractivity contribution in [1.29, 1.82) is 0 Å². The van der Waals surface area contributed by atoms with E-state index in [4.69, 9.17) is 27.9 Å². The van der Waals surface area contributed by atoms with Crippen LogP contribution in [0.4, 0.5) is 0 Å². The number of carbonyl (C=O) groups is 1. The van der Waals surface area contributed by atoms with Gasteiger partial charge in [0, 0.05) is 23.1 Å². The first kappa shape index (κ1) is 24.8. The van der Waals surface area contributed by atoms with Crippen LogP contribution in [0.5, 0.6) is 5.75 Å². The monoisotopic (exact) mass is 498 g/mol. The van der Waals surface area contributed by atoms with E-state index in [2.05, 4.69) is 11.4 Å². The molecule has 1 amide bonds. The van der Waals surface area contributed by atoms with Gasteiger partial charge < -0.3 is 10.1 Å². The van der Waals surface area contributed by atoms with Crippen LogP contribution < -0.4 is 10.1 Å². The van der Waals surface area contributed by atoms with E-state index in [1.807, 2.05) is 26.0 Å². The summed E-state index contributed by atoms with van der Waals surface area (Å²) in [6, 6.07) is 10.7. The summed E-state index contributed by atoms with van der Waals surface area (Å²) >= 11 is 12.0. The lowest BCUT2D eigenvalue weighted by atomic mass is 9.99. The second-order valence-corrected chi connectivity index (χ2v) is 11.0. The molecule has 0 spiro atoms. The first-order valence-electron chi connectivity index (χ1n) is 10.5. The predicted molar refractivity (Wildman–Crippen MR) is 128 cm³/mol. The van der Waals surface area contributed by atoms with Crippen LogP contribution >= 0.6 is 23.2 Å². The lowest BCUT2D eigenvalue weighted by molar-refractivity contribution is -0.126. The van der Waals surface area contributed by atoms with Crippen LogP contribution in [-0.2, 0) is 20.6 Å². The van der Waals surface area contributed by atoms with Crippen LogP contribution in [0, 0.1) is 19.8 Å². The minimum atomic E-state index is -3.61. The molecule has 2 aromatic rings. The Bertz CT molecular complexity index is 1060. The molecule has 6 nitrogen and oxygen atoms in total. The number of ether oxygens (including phenoxy) is 1. The van der Waals surface area contributed by atoms with Crippen LogP contribution in [0.15, 0.2) is 36.4 Å². The molecule has 0 aliphatic carbocycles. The number of benzene rings is 2. The fourth-order valence-electron chi connectivity index (χ4n) is 3.84. The van der Waals surface area contributed by atoms with Crippen LogP contribution in [0.25, 0.3) is 0 Å². The summed E-state index contributed by atoms with van der Waals surface area (Å²) in [5, 5.41) is 3.63. The summed E-state index contributed by atoms with van der Waals surface area (Å²) in [5.41, 5.74) is 2.73. The van der Waals surface area contributed by atoms with Gasteiger partial charge in [-0.3, -0.25) is 4.79 Å². The maximum Gasteiger partial charge on any atom is 0.224 e. The highest BCUT2D eigenvalue weighted by Crippen LogP contribution is 2.26. The maximum atomic E-state index is 12.9. The Morgan fingerprint density at radius 1 is 1.16 bits per heavy atom. The van der Waals surface area contributed by atoms with Crippen molar-refractivity contribution in [2.45, 2.75) is 32.4 Å². The van der Waals surface area contributed by atoms with Crippen molar-refractivity contribution >= 4 is 39.1 Å². The van der Waals surface area contributed by atoms with Gasteiger partial charge in [0.25, 0.3) is 0 Å². The predicted octanol–water partition coefficient (Wildman–Crippen LogP) is 4.35. The van der Waals surface area contributed by atoms with E-state index in [0.29, 0.717) is 48.1 Å². The molecule has 1 aliphatic rings. The number of carbonyl (C=O) groups excluding carboxylic acids is 1. The third-order valence-electron chi connectivity index (χ3n) is 5.37. The summed E-state index contributed by atoms with van der Waals surface area (Å²) in [7, 11) is -3.61. The molecule has 3 rings (SSSR count). The number of nitrogens with one attached hydrogen (secondary N) is 1. The van der Waals surface area contributed by atoms with Gasteiger partial charge in [-0.05, 0) is 67.6 Å². The fraction of sp³-hybridized carbons (Fsp3) is 0.435. The topological polar surface area (TPSA) is 75.7 Å². The molecule has 0 unspecified atom stereocenters. The molecule has 2 aromatic carbocycles. The number of halogens is 2. The molecule has 1 aliphatic heterocycles. The normalized spacial score (nSPS) is 17.2. The summed E-state index contributed by atoms with van der Waals surface area (Å²) < 4.78 is 32.9. The highest BCUT2D eigenvalue weighted by molar-refractivity contribution is 7.88. The van der Waals surface area contributed by atoms with Gasteiger partial charge in [-0.1, -0.05) is 35.3 Å². The Balaban J connectivity index is 1.51. The summed E-state index contributed by atoms with van der Waals surface area (Å²) in [4.78, 5) is 12.6. The molecule has 0 radical (unpaired) electrons. The average Bonchev–Trinajstić information content (AvgIpc) is 2.72. The second-order valence-electron chi connectivity index (χ2n) is 8.15. The van der Waals surface area contributed by atoms with Gasteiger partial charge in [0.05, 0.1) is 18.2 Å². The van der Waals surface area contributed by atoms with Crippen LogP contribution in [-0.4, -0.2) is 44.9 Å². The number of hydrogen-bond acceptors (Lipinski definition) is 4. The van der Waals surface area contributed by atoms with E-state index in [1.165, 1.54) is 10.4 Å². The van der Waals surface area contributed by atoms with Crippen LogP contribution in [0.2, 0.25) is 10.0 Å². The van der Waals surface area contributed by atoms with E-state index in [1.54, 1.807) is 12.1 Å². The van der Waals surface area contributed by atoms with Crippen molar-refractivity contribution in [3.8, 4) is 5.75 Å². The lowest BCUT2D eigenvalue weighted by Gasteiger charge is -2.31. The first-order chi connectivity index (χ1) is 15.1. The van der Waals surface area contributed by atoms with Crippen LogP contribution in [0.3, 0.4) is 0 Å². The van der Waals surface area contributed by atoms with Gasteiger partial charge in [-0.2, -0.15) is 0 Å². The number of piperidine rings is 1. The molecule has 1 heterocycles. The third kappa shape index (κ3) is 6.85. The van der Waals surface area contributed by atoms with E-state index in [9.17, 15) is 13.2 Å². The molecule has 174 valence electrons. The molecule has 1 N–H and O–H groups in total. The molecule has 1 atom stereocenters. The molecule has 1 saturated heterocycles. The average molecular weight is 499 g/mol. The fourth-order valence-corrected chi connectivity index (χ4v) is 6.04. The third-order valence-corrected chi connectivity index (χ3v) is 7.75. The number of aryl methyl sites for hydroxylation is 2. The molecule has 1 fully saturated rings. The van der Waals surface area contributed by atoms with Crippen molar-refractivity contribution in [2.24, 2.45) is 5.92 Å². The summed E-state index contributed by atoms with van der Waals surface area (Å²) in [5.74, 6) is 0.00703. The van der Waals surface area contributed by atoms with E-state index in [-0.39, 0.29) is 24.1 Å². The molecule has 32 heavy (non-hydrogen) atoms. The van der Waals surface area contributed by atoms with E-state index < -0.39 is 10.0 Å². The minimum Gasteiger partial charge on any atom is -0.492 e. The summed E-state index contributed by atoms with van der Waals surface area (Å²) in [6.07, 6.45) is 1.28. The highest BCUT2D eigenvalue weighted by atomic mass is 35.5. The molecule has 0 bridgehead atoms. The van der Waals surface area contributed by atoms with Gasteiger partial charge in [0.1, 0.15) is 12.4 Å². The van der Waals surface area contributed by atoms with Crippen molar-refractivity contribution in [2.75, 3.05) is 26.2 Å². The standard InChI is InChI=1S/C23H28Cl2N2O4S/c1-16-10-17(2)12-21(11-16)31-9-7-26-23(28)18-4-3-8-27(14-18)32(29,30)15-19-5-6-20(24)13-22(19)25/h5-6,10-13,18H,3-4,7-9,14-15H2,1-2H3,(H,26,28)/t18-/m0/s1. The van der Waals surface area contributed by atoms with Gasteiger partial charge in [-0.15, -0.1) is 0 Å². The first-order valence-corrected chi connectivity index (χ1v) is 12.9. The van der Waals surface area contributed by atoms with Gasteiger partial charge in [0.15, 0.2) is 0 Å².